The molecule has 0 atom stereocenters. The quantitative estimate of drug-likeness (QED) is 0.776. The van der Waals surface area contributed by atoms with Gasteiger partial charge in [-0.05, 0) is 22.3 Å². The average molecular weight is 311 g/mol. The van der Waals surface area contributed by atoms with Crippen molar-refractivity contribution >= 4 is 28.2 Å². The minimum absolute atomic E-state index is 0.301. The van der Waals surface area contributed by atoms with E-state index in [1.54, 1.807) is 23.1 Å². The predicted molar refractivity (Wildman–Crippen MR) is 89.0 cm³/mol. The third kappa shape index (κ3) is 2.13. The Balaban J connectivity index is 1.77. The van der Waals surface area contributed by atoms with Crippen molar-refractivity contribution in [3.05, 3.63) is 59.7 Å². The molecular formula is C16H13N3S2. The zero-order valence-corrected chi connectivity index (χ0v) is 13.0. The monoisotopic (exact) mass is 311 g/mol. The number of hydrogen-bond donors (Lipinski definition) is 1. The fourth-order valence-electron chi connectivity index (χ4n) is 2.70. The Labute approximate surface area is 131 Å². The molecular weight excluding hydrogens is 298 g/mol. The van der Waals surface area contributed by atoms with Crippen LogP contribution in [0, 0.1) is 0 Å². The molecule has 1 aliphatic carbocycles. The number of benzene rings is 2. The molecule has 1 aromatic heterocycles. The second-order valence-corrected chi connectivity index (χ2v) is 7.13. The minimum Gasteiger partial charge on any atom is -0.363 e. The number of nitrogens with one attached hydrogen (secondary N) is 1. The van der Waals surface area contributed by atoms with Gasteiger partial charge in [-0.1, -0.05) is 71.6 Å². The van der Waals surface area contributed by atoms with Crippen LogP contribution in [-0.2, 0) is 0 Å². The van der Waals surface area contributed by atoms with Crippen molar-refractivity contribution in [1.29, 1.82) is 0 Å². The number of anilines is 1. The molecule has 0 spiro atoms. The third-order valence-corrected chi connectivity index (χ3v) is 5.92. The highest BCUT2D eigenvalue weighted by atomic mass is 32.2. The maximum absolute atomic E-state index is 4.27. The van der Waals surface area contributed by atoms with Crippen molar-refractivity contribution < 1.29 is 0 Å². The van der Waals surface area contributed by atoms with Crippen LogP contribution >= 0.6 is 23.1 Å². The molecule has 0 saturated heterocycles. The van der Waals surface area contributed by atoms with Gasteiger partial charge in [0.05, 0.1) is 5.25 Å². The Morgan fingerprint density at radius 2 is 1.57 bits per heavy atom. The van der Waals surface area contributed by atoms with Crippen LogP contribution in [0.15, 0.2) is 52.9 Å². The van der Waals surface area contributed by atoms with Crippen molar-refractivity contribution in [3.8, 4) is 11.1 Å². The molecule has 3 aromatic rings. The zero-order chi connectivity index (χ0) is 14.2. The van der Waals surface area contributed by atoms with Crippen molar-refractivity contribution in [2.24, 2.45) is 0 Å². The van der Waals surface area contributed by atoms with Crippen LogP contribution in [0.2, 0.25) is 0 Å². The number of hydrogen-bond acceptors (Lipinski definition) is 5. The predicted octanol–water partition coefficient (Wildman–Crippen LogP) is 4.44. The van der Waals surface area contributed by atoms with Crippen LogP contribution < -0.4 is 5.32 Å². The number of rotatable bonds is 3. The Bertz CT molecular complexity index is 752. The molecule has 21 heavy (non-hydrogen) atoms. The average Bonchev–Trinajstić information content (AvgIpc) is 3.12. The molecule has 2 aromatic carbocycles. The van der Waals surface area contributed by atoms with Gasteiger partial charge in [0, 0.05) is 7.05 Å². The van der Waals surface area contributed by atoms with Crippen molar-refractivity contribution in [3.63, 3.8) is 0 Å². The zero-order valence-electron chi connectivity index (χ0n) is 11.4. The number of aromatic nitrogens is 2. The summed E-state index contributed by atoms with van der Waals surface area (Å²) in [6.45, 7) is 0. The molecule has 104 valence electrons. The first-order valence-corrected chi connectivity index (χ1v) is 8.42. The van der Waals surface area contributed by atoms with E-state index in [4.69, 9.17) is 0 Å². The van der Waals surface area contributed by atoms with Crippen molar-refractivity contribution in [1.82, 2.24) is 10.2 Å². The lowest BCUT2D eigenvalue weighted by atomic mass is 10.1. The first kappa shape index (κ1) is 12.9. The van der Waals surface area contributed by atoms with E-state index < -0.39 is 0 Å². The SMILES string of the molecule is CNc1nnc(SC2c3ccccc3-c3ccccc32)s1. The van der Waals surface area contributed by atoms with Gasteiger partial charge in [-0.3, -0.25) is 0 Å². The summed E-state index contributed by atoms with van der Waals surface area (Å²) >= 11 is 3.38. The van der Waals surface area contributed by atoms with Crippen LogP contribution in [0.3, 0.4) is 0 Å². The smallest absolute Gasteiger partial charge is 0.206 e. The maximum atomic E-state index is 4.27. The maximum Gasteiger partial charge on any atom is 0.206 e. The molecule has 0 saturated carbocycles. The number of fused-ring (bicyclic) bond motifs is 3. The topological polar surface area (TPSA) is 37.8 Å². The molecule has 0 bridgehead atoms. The Kier molecular flexibility index (Phi) is 3.16. The second-order valence-electron chi connectivity index (χ2n) is 4.80. The van der Waals surface area contributed by atoms with E-state index in [9.17, 15) is 0 Å². The molecule has 1 heterocycles. The minimum atomic E-state index is 0.301. The molecule has 3 nitrogen and oxygen atoms in total. The largest absolute Gasteiger partial charge is 0.363 e. The normalized spacial score (nSPS) is 13.0. The van der Waals surface area contributed by atoms with Crippen LogP contribution in [0.5, 0.6) is 0 Å². The first-order chi connectivity index (χ1) is 10.4. The summed E-state index contributed by atoms with van der Waals surface area (Å²) in [5, 5.41) is 12.6. The highest BCUT2D eigenvalue weighted by Crippen LogP contribution is 2.52. The van der Waals surface area contributed by atoms with Crippen LogP contribution in [0.25, 0.3) is 11.1 Å². The number of thioether (sulfide) groups is 1. The summed E-state index contributed by atoms with van der Waals surface area (Å²) in [6, 6.07) is 17.3. The van der Waals surface area contributed by atoms with Gasteiger partial charge in [0.25, 0.3) is 0 Å². The van der Waals surface area contributed by atoms with E-state index in [1.807, 2.05) is 7.05 Å². The van der Waals surface area contributed by atoms with Gasteiger partial charge in [-0.15, -0.1) is 10.2 Å². The first-order valence-electron chi connectivity index (χ1n) is 6.73. The fourth-order valence-corrected chi connectivity index (χ4v) is 4.80. The lowest BCUT2D eigenvalue weighted by molar-refractivity contribution is 1.01. The van der Waals surface area contributed by atoms with Gasteiger partial charge in [0.1, 0.15) is 0 Å². The lowest BCUT2D eigenvalue weighted by Crippen LogP contribution is -1.90. The fraction of sp³-hybridized carbons (Fsp3) is 0.125. The molecule has 0 unspecified atom stereocenters. The Morgan fingerprint density at radius 3 is 2.14 bits per heavy atom. The highest BCUT2D eigenvalue weighted by molar-refractivity contribution is 8.01. The van der Waals surface area contributed by atoms with E-state index >= 15 is 0 Å². The van der Waals surface area contributed by atoms with E-state index in [1.165, 1.54) is 22.3 Å². The summed E-state index contributed by atoms with van der Waals surface area (Å²) in [7, 11) is 1.87. The van der Waals surface area contributed by atoms with E-state index in [0.717, 1.165) is 9.47 Å². The molecule has 1 N–H and O–H groups in total. The Morgan fingerprint density at radius 1 is 0.952 bits per heavy atom. The Hall–Kier alpha value is -1.85. The summed E-state index contributed by atoms with van der Waals surface area (Å²) in [4.78, 5) is 0. The van der Waals surface area contributed by atoms with E-state index in [2.05, 4.69) is 64.0 Å². The highest BCUT2D eigenvalue weighted by Gasteiger charge is 2.29. The molecule has 0 radical (unpaired) electrons. The molecule has 0 amide bonds. The van der Waals surface area contributed by atoms with Crippen LogP contribution in [0.1, 0.15) is 16.4 Å². The second kappa shape index (κ2) is 5.16. The summed E-state index contributed by atoms with van der Waals surface area (Å²) in [5.41, 5.74) is 5.41. The van der Waals surface area contributed by atoms with Gasteiger partial charge in [0.2, 0.25) is 5.13 Å². The number of nitrogens with zero attached hydrogens (tertiary/aromatic N) is 2. The third-order valence-electron chi connectivity index (χ3n) is 3.62. The van der Waals surface area contributed by atoms with Gasteiger partial charge >= 0.3 is 0 Å². The summed E-state index contributed by atoms with van der Waals surface area (Å²) in [5.74, 6) is 0. The van der Waals surface area contributed by atoms with Crippen molar-refractivity contribution in [2.75, 3.05) is 12.4 Å². The standard InChI is InChI=1S/C16H13N3S2/c1-17-15-18-19-16(21-15)20-14-12-8-4-2-6-10(12)11-7-3-5-9-13(11)14/h2-9,14H,1H3,(H,17,18). The molecule has 0 fully saturated rings. The van der Waals surface area contributed by atoms with Gasteiger partial charge in [-0.2, -0.15) is 0 Å². The van der Waals surface area contributed by atoms with Gasteiger partial charge in [-0.25, -0.2) is 0 Å². The summed E-state index contributed by atoms with van der Waals surface area (Å²) in [6.07, 6.45) is 0. The molecule has 4 rings (SSSR count). The molecule has 1 aliphatic rings. The van der Waals surface area contributed by atoms with Crippen LogP contribution in [-0.4, -0.2) is 17.2 Å². The van der Waals surface area contributed by atoms with E-state index in [0.29, 0.717) is 5.25 Å². The van der Waals surface area contributed by atoms with E-state index in [-0.39, 0.29) is 0 Å². The van der Waals surface area contributed by atoms with Crippen LogP contribution in [0.4, 0.5) is 5.13 Å². The van der Waals surface area contributed by atoms with Crippen molar-refractivity contribution in [2.45, 2.75) is 9.59 Å². The lowest BCUT2D eigenvalue weighted by Gasteiger charge is -2.10. The molecule has 0 aliphatic heterocycles. The molecule has 5 heteroatoms. The van der Waals surface area contributed by atoms with Gasteiger partial charge < -0.3 is 5.32 Å². The van der Waals surface area contributed by atoms with Gasteiger partial charge in [0.15, 0.2) is 4.34 Å². The summed E-state index contributed by atoms with van der Waals surface area (Å²) < 4.78 is 0.996.